The summed E-state index contributed by atoms with van der Waals surface area (Å²) < 4.78 is 24.7. The maximum Gasteiger partial charge on any atom is 0.231 e. The van der Waals surface area contributed by atoms with E-state index in [4.69, 9.17) is 9.47 Å². The second-order valence-electron chi connectivity index (χ2n) is 10.4. The van der Waals surface area contributed by atoms with Gasteiger partial charge in [-0.1, -0.05) is 31.0 Å². The highest BCUT2D eigenvalue weighted by atomic mass is 19.1. The smallest absolute Gasteiger partial charge is 0.231 e. The third kappa shape index (κ3) is 4.92. The van der Waals surface area contributed by atoms with Crippen LogP contribution in [0.1, 0.15) is 56.6 Å². The van der Waals surface area contributed by atoms with E-state index in [2.05, 4.69) is 35.8 Å². The Balaban J connectivity index is 1.35. The molecule has 2 heterocycles. The Morgan fingerprint density at radius 1 is 1.06 bits per heavy atom. The van der Waals surface area contributed by atoms with Crippen LogP contribution in [-0.2, 0) is 11.3 Å². The average Bonchev–Trinajstić information content (AvgIpc) is 3.58. The number of ether oxygens (including phenoxy) is 2. The predicted octanol–water partition coefficient (Wildman–Crippen LogP) is 5.20. The van der Waals surface area contributed by atoms with Crippen LogP contribution in [0.2, 0.25) is 0 Å². The van der Waals surface area contributed by atoms with Crippen molar-refractivity contribution < 1.29 is 18.7 Å². The molecule has 0 aromatic heterocycles. The standard InChI is InChI=1S/C28H35FN2O3/c1-19(2)31(28(32)22-5-3-4-6-22)16-23-15-30(17-25(23)21-8-10-24(29)11-9-21)14-20-7-12-26-27(13-20)34-18-33-26/h7-13,19,22-23,25H,3-6,14-18H2,1-2H3. The number of fused-ring (bicyclic) bond motifs is 1. The van der Waals surface area contributed by atoms with E-state index in [-0.39, 0.29) is 30.5 Å². The summed E-state index contributed by atoms with van der Waals surface area (Å²) in [6.07, 6.45) is 4.36. The van der Waals surface area contributed by atoms with Crippen molar-refractivity contribution in [1.82, 2.24) is 9.80 Å². The maximum absolute atomic E-state index is 13.7. The third-order valence-electron chi connectivity index (χ3n) is 7.70. The van der Waals surface area contributed by atoms with Crippen LogP contribution in [0.5, 0.6) is 11.5 Å². The fourth-order valence-corrected chi connectivity index (χ4v) is 5.87. The molecular formula is C28H35FN2O3. The normalized spacial score (nSPS) is 22.6. The highest BCUT2D eigenvalue weighted by molar-refractivity contribution is 5.79. The number of halogens is 1. The summed E-state index contributed by atoms with van der Waals surface area (Å²) in [5.74, 6) is 2.44. The molecule has 6 heteroatoms. The van der Waals surface area contributed by atoms with Crippen LogP contribution in [0.25, 0.3) is 0 Å². The number of likely N-dealkylation sites (tertiary alicyclic amines) is 1. The SMILES string of the molecule is CC(C)N(CC1CN(Cc2ccc3c(c2)OCO3)CC1c1ccc(F)cc1)C(=O)C1CCCC1. The lowest BCUT2D eigenvalue weighted by Crippen LogP contribution is -2.44. The highest BCUT2D eigenvalue weighted by Gasteiger charge is 2.38. The molecule has 2 aromatic rings. The maximum atomic E-state index is 13.7. The van der Waals surface area contributed by atoms with Gasteiger partial charge in [-0.05, 0) is 68.0 Å². The largest absolute Gasteiger partial charge is 0.454 e. The van der Waals surface area contributed by atoms with Gasteiger partial charge in [0.2, 0.25) is 12.7 Å². The molecule has 1 saturated carbocycles. The first-order valence-corrected chi connectivity index (χ1v) is 12.6. The Morgan fingerprint density at radius 3 is 2.53 bits per heavy atom. The molecule has 34 heavy (non-hydrogen) atoms. The molecule has 3 aliphatic rings. The number of nitrogens with zero attached hydrogens (tertiary/aromatic N) is 2. The molecule has 2 unspecified atom stereocenters. The molecule has 182 valence electrons. The topological polar surface area (TPSA) is 42.0 Å². The first kappa shape index (κ1) is 23.2. The van der Waals surface area contributed by atoms with Gasteiger partial charge in [-0.15, -0.1) is 0 Å². The minimum Gasteiger partial charge on any atom is -0.454 e. The van der Waals surface area contributed by atoms with Gasteiger partial charge in [0.1, 0.15) is 5.82 Å². The van der Waals surface area contributed by atoms with Gasteiger partial charge in [0, 0.05) is 44.1 Å². The number of carbonyl (C=O) groups excluding carboxylic acids is 1. The summed E-state index contributed by atoms with van der Waals surface area (Å²) in [5.41, 5.74) is 2.34. The van der Waals surface area contributed by atoms with E-state index >= 15 is 0 Å². The van der Waals surface area contributed by atoms with Crippen molar-refractivity contribution >= 4 is 5.91 Å². The molecule has 1 saturated heterocycles. The number of carbonyl (C=O) groups is 1. The van der Waals surface area contributed by atoms with Gasteiger partial charge in [-0.2, -0.15) is 0 Å². The zero-order valence-corrected chi connectivity index (χ0v) is 20.2. The molecule has 1 amide bonds. The summed E-state index contributed by atoms with van der Waals surface area (Å²) >= 11 is 0. The molecule has 0 bridgehead atoms. The van der Waals surface area contributed by atoms with Crippen molar-refractivity contribution in [1.29, 1.82) is 0 Å². The van der Waals surface area contributed by atoms with Gasteiger partial charge in [0.05, 0.1) is 0 Å². The summed E-state index contributed by atoms with van der Waals surface area (Å²) in [6.45, 7) is 7.86. The minimum atomic E-state index is -0.212. The molecule has 2 aromatic carbocycles. The molecular weight excluding hydrogens is 431 g/mol. The van der Waals surface area contributed by atoms with E-state index in [1.54, 1.807) is 12.1 Å². The van der Waals surface area contributed by atoms with Gasteiger partial charge in [-0.3, -0.25) is 9.69 Å². The molecule has 2 atom stereocenters. The van der Waals surface area contributed by atoms with Crippen molar-refractivity contribution in [3.05, 3.63) is 59.4 Å². The summed E-state index contributed by atoms with van der Waals surface area (Å²) in [7, 11) is 0. The van der Waals surface area contributed by atoms with Crippen LogP contribution in [0.3, 0.4) is 0 Å². The molecule has 0 N–H and O–H groups in total. The summed E-state index contributed by atoms with van der Waals surface area (Å²) in [4.78, 5) is 17.9. The van der Waals surface area contributed by atoms with Crippen LogP contribution >= 0.6 is 0 Å². The number of rotatable bonds is 7. The van der Waals surface area contributed by atoms with Crippen molar-refractivity contribution in [3.8, 4) is 11.5 Å². The zero-order valence-electron chi connectivity index (χ0n) is 20.2. The van der Waals surface area contributed by atoms with Gasteiger partial charge in [-0.25, -0.2) is 4.39 Å². The summed E-state index contributed by atoms with van der Waals surface area (Å²) in [5, 5.41) is 0. The second kappa shape index (κ2) is 9.95. The quantitative estimate of drug-likeness (QED) is 0.563. The van der Waals surface area contributed by atoms with Crippen LogP contribution in [0.15, 0.2) is 42.5 Å². The summed E-state index contributed by atoms with van der Waals surface area (Å²) in [6, 6.07) is 13.2. The van der Waals surface area contributed by atoms with E-state index in [0.717, 1.165) is 68.9 Å². The first-order valence-electron chi connectivity index (χ1n) is 12.6. The van der Waals surface area contributed by atoms with E-state index in [1.807, 2.05) is 18.2 Å². The molecule has 5 rings (SSSR count). The molecule has 2 aliphatic heterocycles. The van der Waals surface area contributed by atoms with E-state index in [0.29, 0.717) is 11.8 Å². The van der Waals surface area contributed by atoms with E-state index in [1.165, 1.54) is 5.56 Å². The molecule has 0 spiro atoms. The van der Waals surface area contributed by atoms with Crippen LogP contribution in [-0.4, -0.2) is 48.2 Å². The Morgan fingerprint density at radius 2 is 1.79 bits per heavy atom. The van der Waals surface area contributed by atoms with Crippen molar-refractivity contribution in [2.75, 3.05) is 26.4 Å². The molecule has 2 fully saturated rings. The van der Waals surface area contributed by atoms with E-state index < -0.39 is 0 Å². The van der Waals surface area contributed by atoms with Gasteiger partial charge >= 0.3 is 0 Å². The van der Waals surface area contributed by atoms with Crippen molar-refractivity contribution in [2.45, 2.75) is 58.0 Å². The van der Waals surface area contributed by atoms with Crippen LogP contribution in [0, 0.1) is 17.7 Å². The lowest BCUT2D eigenvalue weighted by molar-refractivity contribution is -0.137. The van der Waals surface area contributed by atoms with Crippen LogP contribution < -0.4 is 9.47 Å². The Labute approximate surface area is 201 Å². The lowest BCUT2D eigenvalue weighted by atomic mass is 9.88. The minimum absolute atomic E-state index is 0.171. The predicted molar refractivity (Wildman–Crippen MR) is 129 cm³/mol. The van der Waals surface area contributed by atoms with E-state index in [9.17, 15) is 9.18 Å². The van der Waals surface area contributed by atoms with Crippen molar-refractivity contribution in [2.24, 2.45) is 11.8 Å². The number of amides is 1. The second-order valence-corrected chi connectivity index (χ2v) is 10.4. The molecule has 1 aliphatic carbocycles. The van der Waals surface area contributed by atoms with Crippen molar-refractivity contribution in [3.63, 3.8) is 0 Å². The first-order chi connectivity index (χ1) is 16.5. The fraction of sp³-hybridized carbons (Fsp3) is 0.536. The fourth-order valence-electron chi connectivity index (χ4n) is 5.87. The van der Waals surface area contributed by atoms with Gasteiger partial charge in [0.25, 0.3) is 0 Å². The third-order valence-corrected chi connectivity index (χ3v) is 7.70. The molecule has 0 radical (unpaired) electrons. The van der Waals surface area contributed by atoms with Crippen LogP contribution in [0.4, 0.5) is 4.39 Å². The monoisotopic (exact) mass is 466 g/mol. The average molecular weight is 467 g/mol. The lowest BCUT2D eigenvalue weighted by Gasteiger charge is -2.33. The highest BCUT2D eigenvalue weighted by Crippen LogP contribution is 2.37. The zero-order chi connectivity index (χ0) is 23.7. The Hall–Kier alpha value is -2.60. The van der Waals surface area contributed by atoms with Gasteiger partial charge < -0.3 is 14.4 Å². The van der Waals surface area contributed by atoms with Gasteiger partial charge in [0.15, 0.2) is 11.5 Å². The Bertz CT molecular complexity index is 1000. The molecule has 5 nitrogen and oxygen atoms in total. The number of hydrogen-bond acceptors (Lipinski definition) is 4. The Kier molecular flexibility index (Phi) is 6.77. The number of benzene rings is 2. The number of hydrogen-bond donors (Lipinski definition) is 0.